The van der Waals surface area contributed by atoms with E-state index in [2.05, 4.69) is 53.5 Å². The van der Waals surface area contributed by atoms with Crippen molar-refractivity contribution in [2.24, 2.45) is 4.99 Å². The molecule has 0 saturated heterocycles. The van der Waals surface area contributed by atoms with Crippen LogP contribution in [0.3, 0.4) is 0 Å². The lowest BCUT2D eigenvalue weighted by molar-refractivity contribution is 1.08. The molecule has 0 amide bonds. The summed E-state index contributed by atoms with van der Waals surface area (Å²) in [5.74, 6) is 0.743. The van der Waals surface area contributed by atoms with Crippen molar-refractivity contribution in [2.75, 3.05) is 0 Å². The summed E-state index contributed by atoms with van der Waals surface area (Å²) in [5, 5.41) is 0. The number of alkyl halides is 1. The molecule has 0 aromatic carbocycles. The van der Waals surface area contributed by atoms with Gasteiger partial charge in [0.15, 0.2) is 5.82 Å². The van der Waals surface area contributed by atoms with Crippen molar-refractivity contribution >= 4 is 50.6 Å². The summed E-state index contributed by atoms with van der Waals surface area (Å²) < 4.78 is 1.04. The molecule has 1 atom stereocenters. The summed E-state index contributed by atoms with van der Waals surface area (Å²) in [5.41, 5.74) is 0.944. The quantitative estimate of drug-likeness (QED) is 0.543. The Morgan fingerprint density at radius 3 is 3.18 bits per heavy atom. The average molecular weight is 324 g/mol. The third-order valence-corrected chi connectivity index (χ3v) is 2.63. The van der Waals surface area contributed by atoms with Crippen molar-refractivity contribution in [1.82, 2.24) is 9.97 Å². The predicted octanol–water partition coefficient (Wildman–Crippen LogP) is 2.43. The minimum absolute atomic E-state index is 0.271. The maximum Gasteiger partial charge on any atom is 0.175 e. The maximum absolute atomic E-state index is 4.26. The van der Waals surface area contributed by atoms with Gasteiger partial charge in [0.1, 0.15) is 10.3 Å². The Balaban J connectivity index is 2.58. The van der Waals surface area contributed by atoms with Gasteiger partial charge in [-0.1, -0.05) is 22.6 Å². The van der Waals surface area contributed by atoms with Crippen LogP contribution in [0.2, 0.25) is 0 Å². The number of nitrogens with zero attached hydrogens (tertiary/aromatic N) is 3. The minimum Gasteiger partial charge on any atom is -0.239 e. The highest BCUT2D eigenvalue weighted by atomic mass is 127. The molecular weight excluding hydrogens is 321 g/mol. The second kappa shape index (κ2) is 2.78. The van der Waals surface area contributed by atoms with Gasteiger partial charge in [-0.05, 0) is 15.9 Å². The smallest absolute Gasteiger partial charge is 0.175 e. The van der Waals surface area contributed by atoms with Crippen molar-refractivity contribution < 1.29 is 0 Å². The van der Waals surface area contributed by atoms with E-state index in [1.807, 2.05) is 6.21 Å². The fourth-order valence-electron chi connectivity index (χ4n) is 0.866. The summed E-state index contributed by atoms with van der Waals surface area (Å²) >= 11 is 5.53. The van der Waals surface area contributed by atoms with Crippen molar-refractivity contribution in [3.63, 3.8) is 0 Å². The van der Waals surface area contributed by atoms with Gasteiger partial charge in [0, 0.05) is 6.21 Å². The molecule has 0 fully saturated rings. The van der Waals surface area contributed by atoms with Gasteiger partial charge in [0.05, 0.1) is 10.1 Å². The summed E-state index contributed by atoms with van der Waals surface area (Å²) in [6, 6.07) is 0. The first kappa shape index (κ1) is 7.60. The van der Waals surface area contributed by atoms with E-state index in [1.165, 1.54) is 0 Å². The van der Waals surface area contributed by atoms with Crippen molar-refractivity contribution in [2.45, 2.75) is 3.92 Å². The molecule has 1 aliphatic heterocycles. The van der Waals surface area contributed by atoms with Crippen LogP contribution in [0, 0.1) is 0 Å². The van der Waals surface area contributed by atoms with Crippen molar-refractivity contribution in [3.05, 3.63) is 16.5 Å². The highest BCUT2D eigenvalue weighted by Gasteiger charge is 2.18. The van der Waals surface area contributed by atoms with Gasteiger partial charge in [-0.2, -0.15) is 0 Å². The van der Waals surface area contributed by atoms with Gasteiger partial charge >= 0.3 is 0 Å². The molecule has 2 rings (SSSR count). The Morgan fingerprint density at radius 1 is 1.55 bits per heavy atom. The van der Waals surface area contributed by atoms with Crippen molar-refractivity contribution in [1.29, 1.82) is 0 Å². The molecule has 1 aromatic heterocycles. The zero-order valence-electron chi connectivity index (χ0n) is 5.33. The van der Waals surface area contributed by atoms with Crippen LogP contribution in [-0.2, 0) is 0 Å². The van der Waals surface area contributed by atoms with E-state index in [9.17, 15) is 0 Å². The molecule has 0 bridgehead atoms. The second-order valence-corrected chi connectivity index (χ2v) is 4.24. The molecule has 0 radical (unpaired) electrons. The molecule has 56 valence electrons. The third-order valence-electron chi connectivity index (χ3n) is 1.34. The molecule has 5 heteroatoms. The second-order valence-electron chi connectivity index (χ2n) is 2.08. The highest BCUT2D eigenvalue weighted by Crippen LogP contribution is 2.33. The number of aromatic nitrogens is 2. The number of rotatable bonds is 0. The Kier molecular flexibility index (Phi) is 1.92. The van der Waals surface area contributed by atoms with E-state index in [4.69, 9.17) is 0 Å². The Morgan fingerprint density at radius 2 is 2.36 bits per heavy atom. The van der Waals surface area contributed by atoms with Gasteiger partial charge in [-0.25, -0.2) is 15.0 Å². The lowest BCUT2D eigenvalue weighted by Gasteiger charge is -1.98. The van der Waals surface area contributed by atoms with Crippen LogP contribution >= 0.6 is 38.5 Å². The maximum atomic E-state index is 4.26. The summed E-state index contributed by atoms with van der Waals surface area (Å²) in [4.78, 5) is 12.4. The monoisotopic (exact) mass is 323 g/mol. The zero-order chi connectivity index (χ0) is 7.84. The zero-order valence-corrected chi connectivity index (χ0v) is 9.07. The standard InChI is InChI=1S/C6H3BrIN3/c7-4-2-10-6-5(11-4)3(8)1-9-6/h1-3H. The van der Waals surface area contributed by atoms with Crippen LogP contribution in [0.5, 0.6) is 0 Å². The number of halogens is 2. The third kappa shape index (κ3) is 1.31. The first-order valence-electron chi connectivity index (χ1n) is 2.98. The number of fused-ring (bicyclic) bond motifs is 1. The number of hydrogen-bond acceptors (Lipinski definition) is 3. The average Bonchev–Trinajstić information content (AvgIpc) is 2.33. The van der Waals surface area contributed by atoms with Gasteiger partial charge in [0.25, 0.3) is 0 Å². The topological polar surface area (TPSA) is 38.1 Å². The van der Waals surface area contributed by atoms with Crippen LogP contribution < -0.4 is 0 Å². The van der Waals surface area contributed by atoms with E-state index in [0.717, 1.165) is 16.1 Å². The molecule has 1 aliphatic rings. The van der Waals surface area contributed by atoms with Gasteiger partial charge in [-0.15, -0.1) is 0 Å². The number of aliphatic imine (C=N–C) groups is 1. The highest BCUT2D eigenvalue weighted by molar-refractivity contribution is 14.1. The first-order chi connectivity index (χ1) is 5.27. The van der Waals surface area contributed by atoms with Crippen LogP contribution in [0.25, 0.3) is 0 Å². The predicted molar refractivity (Wildman–Crippen MR) is 54.6 cm³/mol. The first-order valence-corrected chi connectivity index (χ1v) is 5.02. The molecule has 0 spiro atoms. The molecule has 1 aromatic rings. The molecule has 2 heterocycles. The summed E-state index contributed by atoms with van der Waals surface area (Å²) in [7, 11) is 0. The number of hydrogen-bond donors (Lipinski definition) is 0. The normalized spacial score (nSPS) is 20.4. The van der Waals surface area contributed by atoms with E-state index in [0.29, 0.717) is 0 Å². The molecule has 0 saturated carbocycles. The molecule has 0 N–H and O–H groups in total. The van der Waals surface area contributed by atoms with Gasteiger partial charge in [-0.3, -0.25) is 0 Å². The summed E-state index contributed by atoms with van der Waals surface area (Å²) in [6.07, 6.45) is 3.50. The molecule has 3 nitrogen and oxygen atoms in total. The van der Waals surface area contributed by atoms with Gasteiger partial charge < -0.3 is 0 Å². The molecule has 11 heavy (non-hydrogen) atoms. The lowest BCUT2D eigenvalue weighted by Crippen LogP contribution is -1.90. The van der Waals surface area contributed by atoms with Crippen LogP contribution in [0.15, 0.2) is 15.8 Å². The molecule has 1 unspecified atom stereocenters. The largest absolute Gasteiger partial charge is 0.239 e. The SMILES string of the molecule is Brc1cnc2c(n1)C(I)C=N2. The van der Waals surface area contributed by atoms with E-state index in [1.54, 1.807) is 6.20 Å². The minimum atomic E-state index is 0.271. The van der Waals surface area contributed by atoms with Crippen LogP contribution in [0.4, 0.5) is 5.82 Å². The Labute approximate surface area is 85.6 Å². The van der Waals surface area contributed by atoms with E-state index < -0.39 is 0 Å². The van der Waals surface area contributed by atoms with Crippen molar-refractivity contribution in [3.8, 4) is 0 Å². The Hall–Kier alpha value is -0.0400. The fraction of sp³-hybridized carbons (Fsp3) is 0.167. The van der Waals surface area contributed by atoms with Crippen LogP contribution in [-0.4, -0.2) is 16.2 Å². The van der Waals surface area contributed by atoms with E-state index in [-0.39, 0.29) is 3.92 Å². The fourth-order valence-corrected chi connectivity index (χ4v) is 1.74. The summed E-state index contributed by atoms with van der Waals surface area (Å²) in [6.45, 7) is 0. The molecular formula is C6H3BrIN3. The van der Waals surface area contributed by atoms with Gasteiger partial charge in [0.2, 0.25) is 0 Å². The van der Waals surface area contributed by atoms with Crippen LogP contribution in [0.1, 0.15) is 9.62 Å². The lowest BCUT2D eigenvalue weighted by atomic mass is 10.4. The Bertz CT molecular complexity index is 326. The van der Waals surface area contributed by atoms with E-state index >= 15 is 0 Å². The molecule has 0 aliphatic carbocycles.